The third kappa shape index (κ3) is 3.12. The number of nitrogens with zero attached hydrogens (tertiary/aromatic N) is 2. The van der Waals surface area contributed by atoms with Crippen molar-refractivity contribution in [2.75, 3.05) is 20.3 Å². The summed E-state index contributed by atoms with van der Waals surface area (Å²) in [6.45, 7) is 0.122. The number of methoxy groups -OCH3 is 1. The van der Waals surface area contributed by atoms with E-state index in [4.69, 9.17) is 9.84 Å². The first-order valence-electron chi connectivity index (χ1n) is 7.79. The highest BCUT2D eigenvalue weighted by molar-refractivity contribution is 6.01. The van der Waals surface area contributed by atoms with Crippen molar-refractivity contribution in [3.05, 3.63) is 64.4 Å². The first kappa shape index (κ1) is 16.7. The molecule has 128 valence electrons. The van der Waals surface area contributed by atoms with Gasteiger partial charge in [-0.15, -0.1) is 0 Å². The van der Waals surface area contributed by atoms with Gasteiger partial charge in [-0.2, -0.15) is 0 Å². The van der Waals surface area contributed by atoms with E-state index >= 15 is 0 Å². The molecule has 0 aliphatic carbocycles. The molecule has 6 nitrogen and oxygen atoms in total. The summed E-state index contributed by atoms with van der Waals surface area (Å²) in [5.41, 5.74) is 0.580. The molecule has 6 heteroatoms. The Balaban J connectivity index is 2.33. The van der Waals surface area contributed by atoms with Crippen LogP contribution in [0.2, 0.25) is 0 Å². The number of aliphatic hydroxyl groups excluding tert-OH is 1. The lowest BCUT2D eigenvalue weighted by Gasteiger charge is -2.14. The number of aliphatic imine (C=N–C) groups is 1. The molecule has 25 heavy (non-hydrogen) atoms. The van der Waals surface area contributed by atoms with Gasteiger partial charge in [0.25, 0.3) is 5.56 Å². The van der Waals surface area contributed by atoms with Gasteiger partial charge >= 0.3 is 0 Å². The molecule has 2 N–H and O–H groups in total. The highest BCUT2D eigenvalue weighted by Crippen LogP contribution is 2.27. The number of hydrogen-bond donors (Lipinski definition) is 2. The molecule has 3 rings (SSSR count). The number of aromatic nitrogens is 1. The second-order valence-electron chi connectivity index (χ2n) is 5.38. The van der Waals surface area contributed by atoms with E-state index < -0.39 is 0 Å². The van der Waals surface area contributed by atoms with E-state index in [9.17, 15) is 9.90 Å². The molecule has 0 spiro atoms. The van der Waals surface area contributed by atoms with Gasteiger partial charge in [0.05, 0.1) is 31.5 Å². The number of ether oxygens (including phenoxy) is 1. The molecule has 0 unspecified atom stereocenters. The van der Waals surface area contributed by atoms with Crippen molar-refractivity contribution < 1.29 is 14.9 Å². The lowest BCUT2D eigenvalue weighted by Crippen LogP contribution is -2.20. The number of pyridine rings is 1. The summed E-state index contributed by atoms with van der Waals surface area (Å²) in [5, 5.41) is 20.7. The molecule has 2 aromatic carbocycles. The minimum absolute atomic E-state index is 0.0925. The third-order valence-electron chi connectivity index (χ3n) is 3.86. The molecule has 0 aliphatic heterocycles. The second kappa shape index (κ2) is 7.19. The van der Waals surface area contributed by atoms with Crippen LogP contribution in [-0.2, 0) is 0 Å². The van der Waals surface area contributed by atoms with Gasteiger partial charge in [-0.1, -0.05) is 24.3 Å². The standard InChI is InChI=1S/C19H18N2O4/c1-25-14-6-4-5-13(11-14)21-18(23)16-8-3-2-7-15(16)17(19(21)24)12-20-9-10-22/h2-8,11-12,22,24H,9-10H2,1H3. The fourth-order valence-corrected chi connectivity index (χ4v) is 2.69. The molecular weight excluding hydrogens is 320 g/mol. The van der Waals surface area contributed by atoms with Crippen LogP contribution in [0.15, 0.2) is 58.3 Å². The number of rotatable bonds is 5. The summed E-state index contributed by atoms with van der Waals surface area (Å²) in [6.07, 6.45) is 1.48. The zero-order valence-corrected chi connectivity index (χ0v) is 13.7. The monoisotopic (exact) mass is 338 g/mol. The average molecular weight is 338 g/mol. The largest absolute Gasteiger partial charge is 0.497 e. The lowest BCUT2D eigenvalue weighted by molar-refractivity contribution is 0.307. The van der Waals surface area contributed by atoms with Crippen LogP contribution in [0.4, 0.5) is 0 Å². The van der Waals surface area contributed by atoms with Gasteiger partial charge in [-0.25, -0.2) is 4.57 Å². The maximum absolute atomic E-state index is 12.9. The smallest absolute Gasteiger partial charge is 0.265 e. The van der Waals surface area contributed by atoms with Gasteiger partial charge < -0.3 is 14.9 Å². The number of aliphatic hydroxyl groups is 1. The number of benzene rings is 2. The number of hydrogen-bond acceptors (Lipinski definition) is 5. The van der Waals surface area contributed by atoms with E-state index in [1.54, 1.807) is 48.5 Å². The first-order valence-corrected chi connectivity index (χ1v) is 7.79. The summed E-state index contributed by atoms with van der Waals surface area (Å²) in [4.78, 5) is 17.0. The molecule has 3 aromatic rings. The van der Waals surface area contributed by atoms with Gasteiger partial charge in [0, 0.05) is 23.1 Å². The van der Waals surface area contributed by atoms with Crippen molar-refractivity contribution >= 4 is 17.0 Å². The highest BCUT2D eigenvalue weighted by atomic mass is 16.5. The minimum Gasteiger partial charge on any atom is -0.497 e. The van der Waals surface area contributed by atoms with Crippen LogP contribution in [-0.4, -0.2) is 41.3 Å². The van der Waals surface area contributed by atoms with Crippen LogP contribution in [0.25, 0.3) is 16.5 Å². The molecule has 0 bridgehead atoms. The van der Waals surface area contributed by atoms with E-state index in [1.165, 1.54) is 17.9 Å². The van der Waals surface area contributed by atoms with Crippen molar-refractivity contribution in [2.45, 2.75) is 0 Å². The van der Waals surface area contributed by atoms with Crippen LogP contribution in [0.3, 0.4) is 0 Å². The van der Waals surface area contributed by atoms with Gasteiger partial charge in [0.2, 0.25) is 5.88 Å². The van der Waals surface area contributed by atoms with Crippen LogP contribution < -0.4 is 10.3 Å². The van der Waals surface area contributed by atoms with E-state index in [1.807, 2.05) is 0 Å². The molecule has 0 amide bonds. The summed E-state index contributed by atoms with van der Waals surface area (Å²) in [5.74, 6) is 0.367. The van der Waals surface area contributed by atoms with Crippen LogP contribution in [0.1, 0.15) is 5.56 Å². The molecular formula is C19H18N2O4. The molecule has 0 saturated carbocycles. The normalized spacial score (nSPS) is 11.3. The topological polar surface area (TPSA) is 84.1 Å². The van der Waals surface area contributed by atoms with E-state index in [-0.39, 0.29) is 24.6 Å². The van der Waals surface area contributed by atoms with Crippen LogP contribution in [0, 0.1) is 0 Å². The van der Waals surface area contributed by atoms with Gasteiger partial charge in [-0.05, 0) is 18.2 Å². The predicted molar refractivity (Wildman–Crippen MR) is 97.3 cm³/mol. The molecule has 0 atom stereocenters. The van der Waals surface area contributed by atoms with Crippen molar-refractivity contribution in [1.29, 1.82) is 0 Å². The van der Waals surface area contributed by atoms with E-state index in [0.717, 1.165) is 0 Å². The predicted octanol–water partition coefficient (Wildman–Crippen LogP) is 2.12. The molecule has 0 saturated heterocycles. The summed E-state index contributed by atoms with van der Waals surface area (Å²) in [7, 11) is 1.54. The van der Waals surface area contributed by atoms with Crippen molar-refractivity contribution in [1.82, 2.24) is 4.57 Å². The number of fused-ring (bicyclic) bond motifs is 1. The Morgan fingerprint density at radius 1 is 1.16 bits per heavy atom. The third-order valence-corrected chi connectivity index (χ3v) is 3.86. The SMILES string of the molecule is COc1cccc(-n2c(O)c(C=NCCO)c3ccccc3c2=O)c1. The first-order chi connectivity index (χ1) is 12.2. The highest BCUT2D eigenvalue weighted by Gasteiger charge is 2.16. The molecule has 1 aromatic heterocycles. The molecule has 0 fully saturated rings. The lowest BCUT2D eigenvalue weighted by atomic mass is 10.1. The fourth-order valence-electron chi connectivity index (χ4n) is 2.69. The van der Waals surface area contributed by atoms with Crippen molar-refractivity contribution in [2.24, 2.45) is 4.99 Å². The summed E-state index contributed by atoms with van der Waals surface area (Å²) >= 11 is 0. The fraction of sp³-hybridized carbons (Fsp3) is 0.158. The quantitative estimate of drug-likeness (QED) is 0.698. The Morgan fingerprint density at radius 2 is 1.92 bits per heavy atom. The summed E-state index contributed by atoms with van der Waals surface area (Å²) in [6, 6.07) is 13.9. The zero-order chi connectivity index (χ0) is 17.8. The Morgan fingerprint density at radius 3 is 2.64 bits per heavy atom. The van der Waals surface area contributed by atoms with Gasteiger partial charge in [0.1, 0.15) is 5.75 Å². The molecule has 0 radical (unpaired) electrons. The Bertz CT molecular complexity index is 992. The Kier molecular flexibility index (Phi) is 4.81. The number of aromatic hydroxyl groups is 1. The van der Waals surface area contributed by atoms with Crippen molar-refractivity contribution in [3.63, 3.8) is 0 Å². The van der Waals surface area contributed by atoms with E-state index in [2.05, 4.69) is 4.99 Å². The molecule has 0 aliphatic rings. The zero-order valence-electron chi connectivity index (χ0n) is 13.7. The van der Waals surface area contributed by atoms with E-state index in [0.29, 0.717) is 27.8 Å². The summed E-state index contributed by atoms with van der Waals surface area (Å²) < 4.78 is 6.43. The van der Waals surface area contributed by atoms with Crippen molar-refractivity contribution in [3.8, 4) is 17.3 Å². The van der Waals surface area contributed by atoms with Gasteiger partial charge in [-0.3, -0.25) is 9.79 Å². The Hall–Kier alpha value is -3.12. The molecule has 1 heterocycles. The second-order valence-corrected chi connectivity index (χ2v) is 5.38. The van der Waals surface area contributed by atoms with Gasteiger partial charge in [0.15, 0.2) is 0 Å². The van der Waals surface area contributed by atoms with Crippen LogP contribution >= 0.6 is 0 Å². The maximum atomic E-state index is 12.9. The maximum Gasteiger partial charge on any atom is 0.265 e. The Labute approximate surface area is 144 Å². The average Bonchev–Trinajstić information content (AvgIpc) is 2.65. The minimum atomic E-state index is -0.333. The van der Waals surface area contributed by atoms with Crippen LogP contribution in [0.5, 0.6) is 11.6 Å².